The first-order valence-electron chi connectivity index (χ1n) is 7.81. The molecule has 0 bridgehead atoms. The largest absolute Gasteiger partial charge is 0.370 e. The van der Waals surface area contributed by atoms with Gasteiger partial charge >= 0.3 is 0 Å². The molecule has 0 spiro atoms. The monoisotopic (exact) mass is 277 g/mol. The van der Waals surface area contributed by atoms with Gasteiger partial charge in [0, 0.05) is 0 Å². The Morgan fingerprint density at radius 2 is 1.70 bits per heavy atom. The van der Waals surface area contributed by atoms with Crippen molar-refractivity contribution in [2.24, 2.45) is 5.92 Å². The van der Waals surface area contributed by atoms with Crippen molar-refractivity contribution < 1.29 is 4.74 Å². The molecule has 1 aromatic carbocycles. The summed E-state index contributed by atoms with van der Waals surface area (Å²) in [6.07, 6.45) is 1.30. The maximum absolute atomic E-state index is 6.35. The van der Waals surface area contributed by atoms with E-state index in [1.807, 2.05) is 0 Å². The SMILES string of the molecule is CCCNC(c1ccccc1)C(OC(C)(C)C)C(C)C. The van der Waals surface area contributed by atoms with Crippen LogP contribution in [0.5, 0.6) is 0 Å². The molecule has 0 aliphatic carbocycles. The molecule has 2 nitrogen and oxygen atoms in total. The smallest absolute Gasteiger partial charge is 0.0799 e. The quantitative estimate of drug-likeness (QED) is 0.788. The summed E-state index contributed by atoms with van der Waals surface area (Å²) in [7, 11) is 0. The molecule has 0 aromatic heterocycles. The lowest BCUT2D eigenvalue weighted by Gasteiger charge is -2.36. The van der Waals surface area contributed by atoms with Gasteiger partial charge in [0.25, 0.3) is 0 Å². The number of ether oxygens (including phenoxy) is 1. The fourth-order valence-corrected chi connectivity index (χ4v) is 2.38. The van der Waals surface area contributed by atoms with E-state index in [1.54, 1.807) is 0 Å². The first kappa shape index (κ1) is 17.2. The first-order valence-corrected chi connectivity index (χ1v) is 7.81. The van der Waals surface area contributed by atoms with E-state index in [4.69, 9.17) is 4.74 Å². The minimum Gasteiger partial charge on any atom is -0.370 e. The Morgan fingerprint density at radius 1 is 1.10 bits per heavy atom. The zero-order valence-electron chi connectivity index (χ0n) is 13.9. The average molecular weight is 277 g/mol. The van der Waals surface area contributed by atoms with E-state index in [9.17, 15) is 0 Å². The third-order valence-electron chi connectivity index (χ3n) is 3.25. The van der Waals surface area contributed by atoms with Gasteiger partial charge in [-0.25, -0.2) is 0 Å². The number of benzene rings is 1. The van der Waals surface area contributed by atoms with E-state index in [1.165, 1.54) is 5.56 Å². The summed E-state index contributed by atoms with van der Waals surface area (Å²) in [6, 6.07) is 10.9. The number of rotatable bonds is 7. The third-order valence-corrected chi connectivity index (χ3v) is 3.25. The van der Waals surface area contributed by atoms with Gasteiger partial charge in [0.15, 0.2) is 0 Å². The zero-order chi connectivity index (χ0) is 15.2. The van der Waals surface area contributed by atoms with Crippen LogP contribution < -0.4 is 5.32 Å². The van der Waals surface area contributed by atoms with E-state index in [-0.39, 0.29) is 17.7 Å². The van der Waals surface area contributed by atoms with Crippen LogP contribution in [0, 0.1) is 5.92 Å². The van der Waals surface area contributed by atoms with Gasteiger partial charge in [0.2, 0.25) is 0 Å². The molecule has 0 aliphatic rings. The molecule has 0 amide bonds. The molecule has 1 rings (SSSR count). The lowest BCUT2D eigenvalue weighted by molar-refractivity contribution is -0.0954. The van der Waals surface area contributed by atoms with Crippen LogP contribution >= 0.6 is 0 Å². The fourth-order valence-electron chi connectivity index (χ4n) is 2.38. The molecule has 0 radical (unpaired) electrons. The predicted octanol–water partition coefficient (Wildman–Crippen LogP) is 4.57. The number of hydrogen-bond donors (Lipinski definition) is 1. The third kappa shape index (κ3) is 5.64. The Hall–Kier alpha value is -0.860. The summed E-state index contributed by atoms with van der Waals surface area (Å²) in [6.45, 7) is 14.1. The molecule has 114 valence electrons. The molecule has 2 unspecified atom stereocenters. The topological polar surface area (TPSA) is 21.3 Å². The highest BCUT2D eigenvalue weighted by Crippen LogP contribution is 2.28. The van der Waals surface area contributed by atoms with Crippen molar-refractivity contribution in [1.82, 2.24) is 5.32 Å². The highest BCUT2D eigenvalue weighted by molar-refractivity contribution is 5.20. The van der Waals surface area contributed by atoms with Gasteiger partial charge in [-0.2, -0.15) is 0 Å². The number of nitrogens with one attached hydrogen (secondary N) is 1. The molecule has 2 atom stereocenters. The van der Waals surface area contributed by atoms with Crippen molar-refractivity contribution >= 4 is 0 Å². The fraction of sp³-hybridized carbons (Fsp3) is 0.667. The molecule has 2 heteroatoms. The van der Waals surface area contributed by atoms with Gasteiger partial charge in [-0.1, -0.05) is 51.1 Å². The van der Waals surface area contributed by atoms with Crippen molar-refractivity contribution in [3.63, 3.8) is 0 Å². The molecular weight excluding hydrogens is 246 g/mol. The first-order chi connectivity index (χ1) is 9.35. The highest BCUT2D eigenvalue weighted by Gasteiger charge is 2.30. The van der Waals surface area contributed by atoms with Crippen LogP contribution in [-0.2, 0) is 4.74 Å². The normalized spacial score (nSPS) is 15.3. The van der Waals surface area contributed by atoms with E-state index < -0.39 is 0 Å². The summed E-state index contributed by atoms with van der Waals surface area (Å²) in [5.41, 5.74) is 1.18. The van der Waals surface area contributed by atoms with Crippen molar-refractivity contribution in [2.75, 3.05) is 6.54 Å². The second kappa shape index (κ2) is 7.80. The van der Waals surface area contributed by atoms with Crippen LogP contribution in [0.1, 0.15) is 59.6 Å². The second-order valence-corrected chi connectivity index (χ2v) is 6.78. The van der Waals surface area contributed by atoms with Gasteiger partial charge in [-0.05, 0) is 45.2 Å². The summed E-state index contributed by atoms with van der Waals surface area (Å²) in [5, 5.41) is 3.66. The standard InChI is InChI=1S/C18H31NO/c1-7-13-19-16(15-11-9-8-10-12-15)17(14(2)3)20-18(4,5)6/h8-12,14,16-17,19H,7,13H2,1-6H3. The maximum atomic E-state index is 6.35. The van der Waals surface area contributed by atoms with E-state index >= 15 is 0 Å². The van der Waals surface area contributed by atoms with Crippen molar-refractivity contribution in [3.05, 3.63) is 35.9 Å². The average Bonchev–Trinajstić information content (AvgIpc) is 2.37. The van der Waals surface area contributed by atoms with Crippen molar-refractivity contribution in [3.8, 4) is 0 Å². The minimum atomic E-state index is -0.129. The summed E-state index contributed by atoms with van der Waals surface area (Å²) < 4.78 is 6.35. The van der Waals surface area contributed by atoms with Gasteiger partial charge in [-0.3, -0.25) is 0 Å². The Kier molecular flexibility index (Phi) is 6.70. The van der Waals surface area contributed by atoms with Crippen LogP contribution in [0.4, 0.5) is 0 Å². The minimum absolute atomic E-state index is 0.129. The van der Waals surface area contributed by atoms with Crippen LogP contribution in [0.2, 0.25) is 0 Å². The van der Waals surface area contributed by atoms with Gasteiger partial charge in [0.05, 0.1) is 17.7 Å². The van der Waals surface area contributed by atoms with Crippen molar-refractivity contribution in [2.45, 2.75) is 65.7 Å². The number of hydrogen-bond acceptors (Lipinski definition) is 2. The van der Waals surface area contributed by atoms with Gasteiger partial charge in [0.1, 0.15) is 0 Å². The highest BCUT2D eigenvalue weighted by atomic mass is 16.5. The van der Waals surface area contributed by atoms with Crippen LogP contribution in [0.25, 0.3) is 0 Å². The molecule has 1 N–H and O–H groups in total. The second-order valence-electron chi connectivity index (χ2n) is 6.78. The molecule has 0 heterocycles. The Labute approximate surface area is 124 Å². The van der Waals surface area contributed by atoms with Crippen LogP contribution in [0.3, 0.4) is 0 Å². The Bertz CT molecular complexity index is 367. The predicted molar refractivity (Wildman–Crippen MR) is 86.9 cm³/mol. The Morgan fingerprint density at radius 3 is 2.15 bits per heavy atom. The maximum Gasteiger partial charge on any atom is 0.0799 e. The summed E-state index contributed by atoms with van der Waals surface area (Å²) in [4.78, 5) is 0. The zero-order valence-corrected chi connectivity index (χ0v) is 13.9. The van der Waals surface area contributed by atoms with E-state index in [0.717, 1.165) is 13.0 Å². The molecule has 0 aliphatic heterocycles. The van der Waals surface area contributed by atoms with E-state index in [0.29, 0.717) is 5.92 Å². The lowest BCUT2D eigenvalue weighted by atomic mass is 9.92. The van der Waals surface area contributed by atoms with E-state index in [2.05, 4.69) is 77.2 Å². The molecule has 0 saturated carbocycles. The molecule has 0 saturated heterocycles. The van der Waals surface area contributed by atoms with Crippen LogP contribution in [0.15, 0.2) is 30.3 Å². The van der Waals surface area contributed by atoms with Crippen LogP contribution in [-0.4, -0.2) is 18.2 Å². The summed E-state index contributed by atoms with van der Waals surface area (Å²) in [5.74, 6) is 0.462. The van der Waals surface area contributed by atoms with Gasteiger partial charge < -0.3 is 10.1 Å². The van der Waals surface area contributed by atoms with Crippen molar-refractivity contribution in [1.29, 1.82) is 0 Å². The summed E-state index contributed by atoms with van der Waals surface area (Å²) >= 11 is 0. The molecule has 0 fully saturated rings. The molecule has 1 aromatic rings. The van der Waals surface area contributed by atoms with Gasteiger partial charge in [-0.15, -0.1) is 0 Å². The lowest BCUT2D eigenvalue weighted by Crippen LogP contribution is -2.41. The molecule has 20 heavy (non-hydrogen) atoms. The Balaban J connectivity index is 2.99. The molecular formula is C18H31NO.